The molecule has 59 heavy (non-hydrogen) atoms. The Labute approximate surface area is 363 Å². The molecule has 0 aliphatic heterocycles. The van der Waals surface area contributed by atoms with Crippen LogP contribution in [0.2, 0.25) is 0 Å². The van der Waals surface area contributed by atoms with E-state index in [0.717, 1.165) is 51.4 Å². The molecule has 0 aliphatic rings. The van der Waals surface area contributed by atoms with E-state index >= 15 is 0 Å². The van der Waals surface area contributed by atoms with Crippen LogP contribution in [-0.2, 0) is 32.7 Å². The van der Waals surface area contributed by atoms with E-state index in [4.69, 9.17) is 18.5 Å². The van der Waals surface area contributed by atoms with E-state index in [-0.39, 0.29) is 32.0 Å². The van der Waals surface area contributed by atoms with Crippen LogP contribution in [0.3, 0.4) is 0 Å². The predicted molar refractivity (Wildman–Crippen MR) is 247 cm³/mol. The molecule has 0 heterocycles. The van der Waals surface area contributed by atoms with E-state index in [1.54, 1.807) is 0 Å². The lowest BCUT2D eigenvalue weighted by molar-refractivity contribution is -0.870. The third kappa shape index (κ3) is 45.6. The van der Waals surface area contributed by atoms with Gasteiger partial charge in [0, 0.05) is 12.8 Å². The maximum Gasteiger partial charge on any atom is 0.472 e. The fourth-order valence-corrected chi connectivity index (χ4v) is 7.35. The standard InChI is InChI=1S/C49H92NO8P/c1-6-8-10-12-14-16-18-20-22-23-24-25-26-28-29-31-33-35-37-39-41-48(51)55-45-47(46-57-59(53,54)56-44-43-50(3,4)5)58-49(52)42-40-38-36-34-32-30-27-21-19-17-15-13-11-9-7-2/h15,17,21,27,32,34,47H,6-14,16,18-20,22-26,28-31,33,35-46H2,1-5H3/p+1/b17-15+,27-21+,34-32+/t47-/m1/s1. The summed E-state index contributed by atoms with van der Waals surface area (Å²) in [6.07, 6.45) is 47.7. The van der Waals surface area contributed by atoms with Gasteiger partial charge in [-0.2, -0.15) is 0 Å². The minimum atomic E-state index is -4.39. The van der Waals surface area contributed by atoms with Gasteiger partial charge in [-0.05, 0) is 51.4 Å². The highest BCUT2D eigenvalue weighted by Crippen LogP contribution is 2.43. The zero-order valence-electron chi connectivity index (χ0n) is 39.0. The number of allylic oxidation sites excluding steroid dienone is 6. The molecule has 1 unspecified atom stereocenters. The third-order valence-corrected chi connectivity index (χ3v) is 11.4. The lowest BCUT2D eigenvalue weighted by Crippen LogP contribution is -2.37. The molecule has 0 radical (unpaired) electrons. The average Bonchev–Trinajstić information content (AvgIpc) is 3.19. The summed E-state index contributed by atoms with van der Waals surface area (Å²) in [5.41, 5.74) is 0. The Bertz CT molecular complexity index is 1100. The van der Waals surface area contributed by atoms with Gasteiger partial charge in [-0.15, -0.1) is 0 Å². The van der Waals surface area contributed by atoms with Crippen LogP contribution in [0, 0.1) is 0 Å². The number of ether oxygens (including phenoxy) is 2. The molecule has 346 valence electrons. The molecule has 0 aromatic carbocycles. The first-order chi connectivity index (χ1) is 28.5. The molecule has 0 saturated carbocycles. The van der Waals surface area contributed by atoms with Gasteiger partial charge in [0.05, 0.1) is 27.7 Å². The van der Waals surface area contributed by atoms with Crippen LogP contribution < -0.4 is 0 Å². The van der Waals surface area contributed by atoms with Gasteiger partial charge < -0.3 is 18.9 Å². The molecule has 0 spiro atoms. The molecule has 1 N–H and O–H groups in total. The van der Waals surface area contributed by atoms with Crippen LogP contribution in [0.15, 0.2) is 36.5 Å². The molecule has 0 amide bonds. The number of likely N-dealkylation sites (N-methyl/N-ethyl adjacent to an activating group) is 1. The van der Waals surface area contributed by atoms with E-state index in [9.17, 15) is 19.0 Å². The highest BCUT2D eigenvalue weighted by Gasteiger charge is 2.27. The van der Waals surface area contributed by atoms with E-state index in [1.165, 1.54) is 128 Å². The summed E-state index contributed by atoms with van der Waals surface area (Å²) in [4.78, 5) is 35.4. The fraction of sp³-hybridized carbons (Fsp3) is 0.837. The minimum absolute atomic E-state index is 0.0253. The topological polar surface area (TPSA) is 108 Å². The monoisotopic (exact) mass is 855 g/mol. The number of esters is 2. The van der Waals surface area contributed by atoms with Crippen molar-refractivity contribution in [3.05, 3.63) is 36.5 Å². The summed E-state index contributed by atoms with van der Waals surface area (Å²) < 4.78 is 34.3. The van der Waals surface area contributed by atoms with Crippen LogP contribution in [0.4, 0.5) is 0 Å². The lowest BCUT2D eigenvalue weighted by atomic mass is 10.0. The maximum atomic E-state index is 12.7. The second-order valence-electron chi connectivity index (χ2n) is 17.5. The normalized spacial score (nSPS) is 13.8. The Hall–Kier alpha value is -1.77. The molecular formula is C49H93NO8P+. The number of quaternary nitrogens is 1. The van der Waals surface area contributed by atoms with Gasteiger partial charge in [-0.3, -0.25) is 18.6 Å². The van der Waals surface area contributed by atoms with Gasteiger partial charge in [0.2, 0.25) is 0 Å². The van der Waals surface area contributed by atoms with Gasteiger partial charge in [-0.1, -0.05) is 185 Å². The number of nitrogens with zero attached hydrogens (tertiary/aromatic N) is 1. The molecule has 0 aromatic heterocycles. The molecule has 9 nitrogen and oxygen atoms in total. The second kappa shape index (κ2) is 41.6. The zero-order valence-corrected chi connectivity index (χ0v) is 39.9. The number of carbonyl (C=O) groups excluding carboxylic acids is 2. The molecule has 0 bridgehead atoms. The van der Waals surface area contributed by atoms with Crippen molar-refractivity contribution in [2.75, 3.05) is 47.5 Å². The first-order valence-corrected chi connectivity index (χ1v) is 25.7. The van der Waals surface area contributed by atoms with Gasteiger partial charge in [0.15, 0.2) is 6.10 Å². The lowest BCUT2D eigenvalue weighted by Gasteiger charge is -2.24. The summed E-state index contributed by atoms with van der Waals surface area (Å²) in [5, 5.41) is 0. The van der Waals surface area contributed by atoms with E-state index in [1.807, 2.05) is 21.1 Å². The van der Waals surface area contributed by atoms with Crippen molar-refractivity contribution in [1.82, 2.24) is 0 Å². The van der Waals surface area contributed by atoms with Crippen LogP contribution in [0.1, 0.15) is 213 Å². The van der Waals surface area contributed by atoms with Gasteiger partial charge in [0.25, 0.3) is 0 Å². The fourth-order valence-electron chi connectivity index (χ4n) is 6.61. The van der Waals surface area contributed by atoms with Gasteiger partial charge in [-0.25, -0.2) is 4.57 Å². The number of hydrogen-bond donors (Lipinski definition) is 1. The number of rotatable bonds is 44. The Morgan fingerprint density at radius 3 is 1.39 bits per heavy atom. The number of phosphoric acid groups is 1. The molecule has 0 aliphatic carbocycles. The second-order valence-corrected chi connectivity index (χ2v) is 19.0. The van der Waals surface area contributed by atoms with Crippen LogP contribution in [0.25, 0.3) is 0 Å². The van der Waals surface area contributed by atoms with Crippen LogP contribution >= 0.6 is 7.82 Å². The number of phosphoric ester groups is 1. The zero-order chi connectivity index (χ0) is 43.6. The summed E-state index contributed by atoms with van der Waals surface area (Å²) >= 11 is 0. The van der Waals surface area contributed by atoms with Crippen molar-refractivity contribution in [2.45, 2.75) is 219 Å². The van der Waals surface area contributed by atoms with Crippen molar-refractivity contribution >= 4 is 19.8 Å². The van der Waals surface area contributed by atoms with Crippen LogP contribution in [-0.4, -0.2) is 74.9 Å². The smallest absolute Gasteiger partial charge is 0.462 e. The number of hydrogen-bond acceptors (Lipinski definition) is 7. The highest BCUT2D eigenvalue weighted by atomic mass is 31.2. The molecular weight excluding hydrogens is 762 g/mol. The number of carbonyl (C=O) groups is 2. The molecule has 0 fully saturated rings. The average molecular weight is 855 g/mol. The quantitative estimate of drug-likeness (QED) is 0.0212. The van der Waals surface area contributed by atoms with Crippen molar-refractivity contribution in [3.8, 4) is 0 Å². The highest BCUT2D eigenvalue weighted by molar-refractivity contribution is 7.47. The van der Waals surface area contributed by atoms with E-state index in [0.29, 0.717) is 17.4 Å². The Balaban J connectivity index is 4.29. The van der Waals surface area contributed by atoms with Crippen molar-refractivity contribution < 1.29 is 42.1 Å². The summed E-state index contributed by atoms with van der Waals surface area (Å²) in [7, 11) is 1.46. The van der Waals surface area contributed by atoms with Crippen molar-refractivity contribution in [1.29, 1.82) is 0 Å². The largest absolute Gasteiger partial charge is 0.472 e. The number of unbranched alkanes of at least 4 members (excludes halogenated alkanes) is 24. The summed E-state index contributed by atoms with van der Waals surface area (Å²) in [6, 6.07) is 0. The maximum absolute atomic E-state index is 12.7. The van der Waals surface area contributed by atoms with Crippen molar-refractivity contribution in [2.24, 2.45) is 0 Å². The van der Waals surface area contributed by atoms with Crippen molar-refractivity contribution in [3.63, 3.8) is 0 Å². The van der Waals surface area contributed by atoms with Crippen LogP contribution in [0.5, 0.6) is 0 Å². The van der Waals surface area contributed by atoms with E-state index < -0.39 is 26.5 Å². The Morgan fingerprint density at radius 1 is 0.525 bits per heavy atom. The predicted octanol–water partition coefficient (Wildman–Crippen LogP) is 14.1. The molecule has 0 aromatic rings. The van der Waals surface area contributed by atoms with Gasteiger partial charge in [0.1, 0.15) is 19.8 Å². The summed E-state index contributed by atoms with van der Waals surface area (Å²) in [6.45, 7) is 4.37. The molecule has 10 heteroatoms. The third-order valence-electron chi connectivity index (χ3n) is 10.4. The molecule has 0 rings (SSSR count). The Morgan fingerprint density at radius 2 is 0.915 bits per heavy atom. The Kier molecular flexibility index (Phi) is 40.3. The summed E-state index contributed by atoms with van der Waals surface area (Å²) in [5.74, 6) is -0.836. The molecule has 2 atom stereocenters. The van der Waals surface area contributed by atoms with Gasteiger partial charge >= 0.3 is 19.8 Å². The van der Waals surface area contributed by atoms with E-state index in [2.05, 4.69) is 50.3 Å². The molecule has 0 saturated heterocycles. The SMILES string of the molecule is CCCCC/C=C/C/C=C/C/C=C/CCCCC(=O)O[C@H](COC(=O)CCCCCCCCCCCCCCCCCCCCCC)COP(=O)(O)OCC[N+](C)(C)C. The first-order valence-electron chi connectivity index (χ1n) is 24.2. The first kappa shape index (κ1) is 57.2. The minimum Gasteiger partial charge on any atom is -0.462 e.